The first-order valence-electron chi connectivity index (χ1n) is 8.61. The van der Waals surface area contributed by atoms with E-state index in [1.807, 2.05) is 40.9 Å². The van der Waals surface area contributed by atoms with Crippen LogP contribution >= 0.6 is 0 Å². The highest BCUT2D eigenvalue weighted by Gasteiger charge is 2.29. The fourth-order valence-corrected chi connectivity index (χ4v) is 3.37. The normalized spacial score (nSPS) is 17.8. The van der Waals surface area contributed by atoms with E-state index in [1.54, 1.807) is 12.3 Å². The summed E-state index contributed by atoms with van der Waals surface area (Å²) < 4.78 is 7.48. The van der Waals surface area contributed by atoms with Crippen LogP contribution in [0.25, 0.3) is 11.5 Å². The van der Waals surface area contributed by atoms with Crippen LogP contribution in [0.4, 0.5) is 0 Å². The number of carbonyl (C=O) groups is 1. The van der Waals surface area contributed by atoms with Crippen molar-refractivity contribution >= 4 is 5.91 Å². The van der Waals surface area contributed by atoms with E-state index >= 15 is 0 Å². The number of aromatic nitrogens is 4. The average Bonchev–Trinajstić information content (AvgIpc) is 3.36. The van der Waals surface area contributed by atoms with Crippen LogP contribution in [0.3, 0.4) is 0 Å². The summed E-state index contributed by atoms with van der Waals surface area (Å²) in [7, 11) is 0. The first kappa shape index (κ1) is 15.7. The number of hydrogen-bond acceptors (Lipinski definition) is 4. The maximum Gasteiger partial charge on any atom is 0.274 e. The predicted molar refractivity (Wildman–Crippen MR) is 91.9 cm³/mol. The van der Waals surface area contributed by atoms with Gasteiger partial charge < -0.3 is 9.32 Å². The van der Waals surface area contributed by atoms with Crippen molar-refractivity contribution in [3.63, 3.8) is 0 Å². The summed E-state index contributed by atoms with van der Waals surface area (Å²) in [5, 5.41) is 11.4. The van der Waals surface area contributed by atoms with Crippen molar-refractivity contribution in [2.45, 2.75) is 38.8 Å². The number of hydrogen-bond donors (Lipinski definition) is 1. The van der Waals surface area contributed by atoms with Gasteiger partial charge in [0.1, 0.15) is 11.5 Å². The molecule has 25 heavy (non-hydrogen) atoms. The highest BCUT2D eigenvalue weighted by molar-refractivity contribution is 5.93. The Balaban J connectivity index is 1.53. The smallest absolute Gasteiger partial charge is 0.274 e. The van der Waals surface area contributed by atoms with Crippen molar-refractivity contribution in [2.24, 2.45) is 0 Å². The molecule has 4 heterocycles. The van der Waals surface area contributed by atoms with Gasteiger partial charge in [-0.1, -0.05) is 0 Å². The summed E-state index contributed by atoms with van der Waals surface area (Å²) in [4.78, 5) is 14.9. The number of nitrogens with one attached hydrogen (secondary N) is 1. The highest BCUT2D eigenvalue weighted by atomic mass is 16.3. The Hall–Kier alpha value is -2.83. The number of piperidine rings is 1. The molecular weight excluding hydrogens is 318 g/mol. The fraction of sp³-hybridized carbons (Fsp3) is 0.389. The molecule has 1 aliphatic heterocycles. The van der Waals surface area contributed by atoms with Crippen molar-refractivity contribution < 1.29 is 9.21 Å². The summed E-state index contributed by atoms with van der Waals surface area (Å²) in [6.07, 6.45) is 6.84. The topological polar surface area (TPSA) is 80.0 Å². The number of aryl methyl sites for hydroxylation is 1. The molecule has 1 fully saturated rings. The predicted octanol–water partition coefficient (Wildman–Crippen LogP) is 2.87. The van der Waals surface area contributed by atoms with Crippen molar-refractivity contribution in [2.75, 3.05) is 6.54 Å². The number of amides is 1. The summed E-state index contributed by atoms with van der Waals surface area (Å²) >= 11 is 0. The van der Waals surface area contributed by atoms with Crippen LogP contribution in [-0.4, -0.2) is 43.4 Å². The van der Waals surface area contributed by atoms with Crippen LogP contribution in [-0.2, 0) is 6.54 Å². The number of furan rings is 1. The largest absolute Gasteiger partial charge is 0.460 e. The molecule has 1 saturated heterocycles. The second kappa shape index (κ2) is 6.58. The van der Waals surface area contributed by atoms with Crippen molar-refractivity contribution in [3.05, 3.63) is 48.1 Å². The molecule has 1 N–H and O–H groups in total. The minimum absolute atomic E-state index is 0.0392. The van der Waals surface area contributed by atoms with Gasteiger partial charge in [-0.15, -0.1) is 0 Å². The van der Waals surface area contributed by atoms with E-state index in [0.717, 1.165) is 37.3 Å². The average molecular weight is 339 g/mol. The van der Waals surface area contributed by atoms with E-state index in [4.69, 9.17) is 4.42 Å². The Labute approximate surface area is 145 Å². The van der Waals surface area contributed by atoms with Gasteiger partial charge in [-0.2, -0.15) is 10.2 Å². The van der Waals surface area contributed by atoms with Crippen molar-refractivity contribution in [1.29, 1.82) is 0 Å². The lowest BCUT2D eigenvalue weighted by Crippen LogP contribution is -2.46. The summed E-state index contributed by atoms with van der Waals surface area (Å²) in [6, 6.07) is 7.58. The lowest BCUT2D eigenvalue weighted by Gasteiger charge is -2.35. The number of rotatable bonds is 4. The molecule has 0 spiro atoms. The molecule has 1 amide bonds. The molecule has 4 rings (SSSR count). The first-order valence-corrected chi connectivity index (χ1v) is 8.61. The maximum absolute atomic E-state index is 13.0. The van der Waals surface area contributed by atoms with Crippen LogP contribution in [0.1, 0.15) is 35.5 Å². The molecule has 0 bridgehead atoms. The fourth-order valence-electron chi connectivity index (χ4n) is 3.37. The summed E-state index contributed by atoms with van der Waals surface area (Å²) in [6.45, 7) is 3.36. The van der Waals surface area contributed by atoms with E-state index in [2.05, 4.69) is 15.3 Å². The van der Waals surface area contributed by atoms with Gasteiger partial charge in [-0.05, 0) is 44.4 Å². The van der Waals surface area contributed by atoms with E-state index in [9.17, 15) is 4.79 Å². The van der Waals surface area contributed by atoms with Gasteiger partial charge in [0.25, 0.3) is 5.91 Å². The lowest BCUT2D eigenvalue weighted by atomic mass is 10.0. The zero-order valence-electron chi connectivity index (χ0n) is 14.2. The quantitative estimate of drug-likeness (QED) is 0.792. The SMILES string of the molecule is Cc1ccc(-c2cc(C(=O)N3CCCC[C@H]3Cn3cccn3)n[nH]2)o1. The van der Waals surface area contributed by atoms with E-state index < -0.39 is 0 Å². The van der Waals surface area contributed by atoms with E-state index in [0.29, 0.717) is 18.0 Å². The molecule has 7 nitrogen and oxygen atoms in total. The second-order valence-electron chi connectivity index (χ2n) is 6.45. The molecule has 3 aromatic rings. The maximum atomic E-state index is 13.0. The number of likely N-dealkylation sites (tertiary alicyclic amines) is 1. The number of H-pyrrole nitrogens is 1. The molecule has 0 saturated carbocycles. The minimum atomic E-state index is -0.0392. The van der Waals surface area contributed by atoms with Crippen LogP contribution < -0.4 is 0 Å². The Morgan fingerprint density at radius 2 is 2.32 bits per heavy atom. The van der Waals surface area contributed by atoms with Gasteiger partial charge in [0, 0.05) is 25.0 Å². The minimum Gasteiger partial charge on any atom is -0.460 e. The molecule has 0 aromatic carbocycles. The molecule has 0 aliphatic carbocycles. The monoisotopic (exact) mass is 339 g/mol. The number of carbonyl (C=O) groups excluding carboxylic acids is 1. The molecule has 0 radical (unpaired) electrons. The third kappa shape index (κ3) is 3.22. The second-order valence-corrected chi connectivity index (χ2v) is 6.45. The zero-order chi connectivity index (χ0) is 17.2. The molecular formula is C18H21N5O2. The van der Waals surface area contributed by atoms with Crippen molar-refractivity contribution in [1.82, 2.24) is 24.9 Å². The molecule has 1 atom stereocenters. The van der Waals surface area contributed by atoms with Gasteiger partial charge >= 0.3 is 0 Å². The summed E-state index contributed by atoms with van der Waals surface area (Å²) in [5.74, 6) is 1.48. The number of nitrogens with zero attached hydrogens (tertiary/aromatic N) is 4. The van der Waals surface area contributed by atoms with E-state index in [-0.39, 0.29) is 11.9 Å². The van der Waals surface area contributed by atoms with Crippen molar-refractivity contribution in [3.8, 4) is 11.5 Å². The Morgan fingerprint density at radius 3 is 3.08 bits per heavy atom. The lowest BCUT2D eigenvalue weighted by molar-refractivity contribution is 0.0578. The van der Waals surface area contributed by atoms with Crippen LogP contribution in [0.15, 0.2) is 41.1 Å². The number of aromatic amines is 1. The zero-order valence-corrected chi connectivity index (χ0v) is 14.2. The third-order valence-electron chi connectivity index (χ3n) is 4.65. The molecule has 7 heteroatoms. The van der Waals surface area contributed by atoms with Crippen LogP contribution in [0, 0.1) is 6.92 Å². The molecule has 3 aromatic heterocycles. The first-order chi connectivity index (χ1) is 12.2. The van der Waals surface area contributed by atoms with Gasteiger partial charge in [-0.25, -0.2) is 0 Å². The highest BCUT2D eigenvalue weighted by Crippen LogP contribution is 2.24. The Morgan fingerprint density at radius 1 is 1.40 bits per heavy atom. The van der Waals surface area contributed by atoms with Crippen LogP contribution in [0.2, 0.25) is 0 Å². The molecule has 1 aliphatic rings. The molecule has 0 unspecified atom stereocenters. The third-order valence-corrected chi connectivity index (χ3v) is 4.65. The van der Waals surface area contributed by atoms with Gasteiger partial charge in [0.2, 0.25) is 0 Å². The Kier molecular flexibility index (Phi) is 4.13. The van der Waals surface area contributed by atoms with Gasteiger partial charge in [0.15, 0.2) is 11.5 Å². The van der Waals surface area contributed by atoms with Gasteiger partial charge in [-0.3, -0.25) is 14.6 Å². The van der Waals surface area contributed by atoms with Gasteiger partial charge in [0.05, 0.1) is 12.6 Å². The Bertz CT molecular complexity index is 849. The van der Waals surface area contributed by atoms with Crippen LogP contribution in [0.5, 0.6) is 0 Å². The van der Waals surface area contributed by atoms with E-state index in [1.165, 1.54) is 0 Å². The summed E-state index contributed by atoms with van der Waals surface area (Å²) in [5.41, 5.74) is 1.15. The molecule has 130 valence electrons. The standard InChI is InChI=1S/C18H21N5O2/c1-13-6-7-17(25-13)15-11-16(21-20-15)18(24)23-10-3-2-5-14(23)12-22-9-4-8-19-22/h4,6-9,11,14H,2-3,5,10,12H2,1H3,(H,20,21)/t14-/m0/s1.